The predicted octanol–water partition coefficient (Wildman–Crippen LogP) is 1.26. The van der Waals surface area contributed by atoms with Gasteiger partial charge >= 0.3 is 18.1 Å². The third kappa shape index (κ3) is 3.90. The van der Waals surface area contributed by atoms with Gasteiger partial charge in [0, 0.05) is 26.7 Å². The first-order valence-electron chi connectivity index (χ1n) is 4.72. The Labute approximate surface area is 95.5 Å². The summed E-state index contributed by atoms with van der Waals surface area (Å²) in [5.74, 6) is -3.25. The predicted molar refractivity (Wildman–Crippen MR) is 49.3 cm³/mol. The van der Waals surface area contributed by atoms with Gasteiger partial charge in [-0.2, -0.15) is 13.2 Å². The first-order valence-corrected chi connectivity index (χ1v) is 4.72. The molecule has 1 amide bonds. The van der Waals surface area contributed by atoms with Crippen molar-refractivity contribution in [2.75, 3.05) is 13.7 Å². The van der Waals surface area contributed by atoms with Gasteiger partial charge in [0.1, 0.15) is 5.76 Å². The van der Waals surface area contributed by atoms with Crippen molar-refractivity contribution in [3.63, 3.8) is 0 Å². The average molecular weight is 255 g/mol. The van der Waals surface area contributed by atoms with Crippen LogP contribution in [0.25, 0.3) is 0 Å². The zero-order valence-corrected chi connectivity index (χ0v) is 9.26. The lowest BCUT2D eigenvalue weighted by molar-refractivity contribution is -0.362. The molecule has 0 aliphatic carbocycles. The molecule has 0 spiro atoms. The van der Waals surface area contributed by atoms with E-state index >= 15 is 0 Å². The molecule has 1 atom stereocenters. The van der Waals surface area contributed by atoms with Crippen LogP contribution in [0.15, 0.2) is 12.0 Å². The highest BCUT2D eigenvalue weighted by atomic mass is 19.4. The second-order valence-corrected chi connectivity index (χ2v) is 3.35. The normalized spacial score (nSPS) is 27.7. The van der Waals surface area contributed by atoms with Crippen molar-refractivity contribution in [2.45, 2.75) is 25.5 Å². The van der Waals surface area contributed by atoms with Crippen LogP contribution in [0.3, 0.4) is 0 Å². The smallest absolute Gasteiger partial charge is 0.442 e. The Morgan fingerprint density at radius 1 is 1.59 bits per heavy atom. The Balaban J connectivity index is 2.59. The maximum absolute atomic E-state index is 11.9. The molecule has 0 radical (unpaired) electrons. The molecule has 1 fully saturated rings. The molecular formula is C9H12F3NO4. The molecule has 0 aromatic rings. The largest absolute Gasteiger partial charge is 0.471 e. The Morgan fingerprint density at radius 3 is 2.76 bits per heavy atom. The van der Waals surface area contributed by atoms with Gasteiger partial charge < -0.3 is 19.5 Å². The summed E-state index contributed by atoms with van der Waals surface area (Å²) < 4.78 is 50.8. The zero-order chi connectivity index (χ0) is 13.1. The molecular weight excluding hydrogens is 243 g/mol. The highest BCUT2D eigenvalue weighted by molar-refractivity contribution is 5.82. The van der Waals surface area contributed by atoms with E-state index < -0.39 is 18.1 Å². The minimum atomic E-state index is -4.92. The van der Waals surface area contributed by atoms with Crippen LogP contribution in [0.4, 0.5) is 13.2 Å². The first kappa shape index (κ1) is 13.8. The van der Waals surface area contributed by atoms with Crippen LogP contribution in [0.2, 0.25) is 0 Å². The highest BCUT2D eigenvalue weighted by Gasteiger charge is 2.38. The van der Waals surface area contributed by atoms with Crippen molar-refractivity contribution in [2.24, 2.45) is 0 Å². The van der Waals surface area contributed by atoms with E-state index in [1.807, 2.05) is 0 Å². The van der Waals surface area contributed by atoms with Crippen molar-refractivity contribution in [1.82, 2.24) is 5.32 Å². The molecule has 0 aromatic carbocycles. The molecule has 17 heavy (non-hydrogen) atoms. The minimum Gasteiger partial charge on any atom is -0.442 e. The van der Waals surface area contributed by atoms with Gasteiger partial charge in [-0.25, -0.2) is 0 Å². The molecule has 1 rings (SSSR count). The van der Waals surface area contributed by atoms with E-state index in [2.05, 4.69) is 0 Å². The number of hydrogen-bond acceptors (Lipinski definition) is 4. The van der Waals surface area contributed by atoms with Crippen molar-refractivity contribution in [1.29, 1.82) is 0 Å². The van der Waals surface area contributed by atoms with Gasteiger partial charge in [0.2, 0.25) is 0 Å². The van der Waals surface area contributed by atoms with Gasteiger partial charge in [-0.1, -0.05) is 0 Å². The van der Waals surface area contributed by atoms with Gasteiger partial charge in [0.15, 0.2) is 0 Å². The summed E-state index contributed by atoms with van der Waals surface area (Å²) in [4.78, 5) is 10.5. The number of alkyl halides is 3. The quantitative estimate of drug-likeness (QED) is 0.807. The number of rotatable bonds is 2. The fraction of sp³-hybridized carbons (Fsp3) is 0.667. The Kier molecular flexibility index (Phi) is 3.99. The zero-order valence-electron chi connectivity index (χ0n) is 9.26. The molecule has 1 N–H and O–H groups in total. The van der Waals surface area contributed by atoms with E-state index in [1.54, 1.807) is 5.32 Å². The topological polar surface area (TPSA) is 56.8 Å². The van der Waals surface area contributed by atoms with Crippen LogP contribution in [-0.4, -0.2) is 31.8 Å². The van der Waals surface area contributed by atoms with E-state index in [0.29, 0.717) is 0 Å². The lowest BCUT2D eigenvalue weighted by Gasteiger charge is -2.33. The van der Waals surface area contributed by atoms with Gasteiger partial charge in [-0.3, -0.25) is 4.79 Å². The summed E-state index contributed by atoms with van der Waals surface area (Å²) in [5.41, 5.74) is 0. The van der Waals surface area contributed by atoms with Gasteiger partial charge in [0.25, 0.3) is 0 Å². The van der Waals surface area contributed by atoms with Crippen molar-refractivity contribution >= 4 is 5.91 Å². The van der Waals surface area contributed by atoms with E-state index in [0.717, 1.165) is 6.20 Å². The molecule has 1 aliphatic rings. The summed E-state index contributed by atoms with van der Waals surface area (Å²) in [6.45, 7) is 1.68. The number of halogens is 3. The number of carbonyl (C=O) groups excluding carboxylic acids is 1. The Morgan fingerprint density at radius 2 is 2.24 bits per heavy atom. The summed E-state index contributed by atoms with van der Waals surface area (Å²) in [7, 11) is 1.33. The maximum atomic E-state index is 11.9. The number of nitrogens with one attached hydrogen (secondary N) is 1. The molecule has 0 aromatic heterocycles. The molecule has 98 valence electrons. The van der Waals surface area contributed by atoms with Crippen molar-refractivity contribution in [3.05, 3.63) is 12.0 Å². The first-order chi connectivity index (χ1) is 7.77. The maximum Gasteiger partial charge on any atom is 0.471 e. The fourth-order valence-corrected chi connectivity index (χ4v) is 1.09. The number of hydrogen-bond donors (Lipinski definition) is 1. The van der Waals surface area contributed by atoms with Crippen LogP contribution < -0.4 is 5.32 Å². The van der Waals surface area contributed by atoms with Gasteiger partial charge in [-0.05, 0) is 0 Å². The summed E-state index contributed by atoms with van der Waals surface area (Å²) in [6, 6.07) is 0. The summed E-state index contributed by atoms with van der Waals surface area (Å²) >= 11 is 0. The summed E-state index contributed by atoms with van der Waals surface area (Å²) in [5, 5.41) is 1.59. The molecule has 1 unspecified atom stereocenters. The van der Waals surface area contributed by atoms with Crippen molar-refractivity contribution < 1.29 is 32.2 Å². The van der Waals surface area contributed by atoms with Crippen LogP contribution in [0.1, 0.15) is 13.3 Å². The third-order valence-electron chi connectivity index (χ3n) is 2.02. The van der Waals surface area contributed by atoms with Crippen molar-refractivity contribution in [3.8, 4) is 0 Å². The van der Waals surface area contributed by atoms with E-state index in [1.165, 1.54) is 14.0 Å². The second-order valence-electron chi connectivity index (χ2n) is 3.35. The van der Waals surface area contributed by atoms with Gasteiger partial charge in [-0.15, -0.1) is 0 Å². The molecule has 1 aliphatic heterocycles. The molecule has 0 bridgehead atoms. The molecule has 1 heterocycles. The summed E-state index contributed by atoms with van der Waals surface area (Å²) in [6.07, 6.45) is -3.82. The van der Waals surface area contributed by atoms with E-state index in [9.17, 15) is 18.0 Å². The minimum absolute atomic E-state index is 0.151. The van der Waals surface area contributed by atoms with Gasteiger partial charge in [0.05, 0.1) is 6.61 Å². The SMILES string of the molecule is COC1(C)OCCC(=CNC(=O)C(F)(F)F)O1. The van der Waals surface area contributed by atoms with Crippen LogP contribution in [0.5, 0.6) is 0 Å². The molecule has 1 saturated heterocycles. The fourth-order valence-electron chi connectivity index (χ4n) is 1.09. The number of ether oxygens (including phenoxy) is 3. The Bertz CT molecular complexity index is 329. The molecule has 0 saturated carbocycles. The average Bonchev–Trinajstić information content (AvgIpc) is 2.25. The molecule has 8 heteroatoms. The highest BCUT2D eigenvalue weighted by Crippen LogP contribution is 2.25. The monoisotopic (exact) mass is 255 g/mol. The lowest BCUT2D eigenvalue weighted by atomic mass is 10.3. The van der Waals surface area contributed by atoms with E-state index in [-0.39, 0.29) is 18.8 Å². The second kappa shape index (κ2) is 4.92. The van der Waals surface area contributed by atoms with Crippen LogP contribution >= 0.6 is 0 Å². The van der Waals surface area contributed by atoms with E-state index in [4.69, 9.17) is 14.2 Å². The van der Waals surface area contributed by atoms with Crippen LogP contribution in [0, 0.1) is 0 Å². The standard InChI is InChI=1S/C9H12F3NO4/c1-8(15-2)16-4-3-6(17-8)5-13-7(14)9(10,11)12/h5H,3-4H2,1-2H3,(H,13,14). The number of methoxy groups -OCH3 is 1. The lowest BCUT2D eigenvalue weighted by Crippen LogP contribution is -2.39. The number of amides is 1. The third-order valence-corrected chi connectivity index (χ3v) is 2.02. The molecule has 5 nitrogen and oxygen atoms in total. The van der Waals surface area contributed by atoms with Crippen LogP contribution in [-0.2, 0) is 19.0 Å². The number of carbonyl (C=O) groups is 1. The Hall–Kier alpha value is -1.28.